The van der Waals surface area contributed by atoms with Crippen LogP contribution in [0.5, 0.6) is 0 Å². The van der Waals surface area contributed by atoms with E-state index in [1.54, 1.807) is 12.1 Å². The summed E-state index contributed by atoms with van der Waals surface area (Å²) in [6, 6.07) is 6.44. The fraction of sp³-hybridized carbons (Fsp3) is 0.650. The Morgan fingerprint density at radius 1 is 1.24 bits per heavy atom. The van der Waals surface area contributed by atoms with Gasteiger partial charge < -0.3 is 15.3 Å². The molecule has 25 heavy (non-hydrogen) atoms. The number of nitrogens with one attached hydrogen (secondary N) is 2. The first-order valence-electron chi connectivity index (χ1n) is 9.58. The van der Waals surface area contributed by atoms with E-state index in [4.69, 9.17) is 0 Å². The average molecular weight is 349 g/mol. The van der Waals surface area contributed by atoms with E-state index >= 15 is 0 Å². The van der Waals surface area contributed by atoms with Crippen molar-refractivity contribution in [2.75, 3.05) is 19.6 Å². The van der Waals surface area contributed by atoms with E-state index in [1.807, 2.05) is 0 Å². The van der Waals surface area contributed by atoms with Crippen LogP contribution in [0.15, 0.2) is 24.3 Å². The lowest BCUT2D eigenvalue weighted by Gasteiger charge is -2.36. The molecule has 1 aromatic rings. The van der Waals surface area contributed by atoms with Crippen molar-refractivity contribution < 1.29 is 19.2 Å². The molecule has 1 aliphatic heterocycles. The summed E-state index contributed by atoms with van der Waals surface area (Å²) in [6.07, 6.45) is 5.96. The van der Waals surface area contributed by atoms with Crippen LogP contribution >= 0.6 is 0 Å². The second-order valence-electron chi connectivity index (χ2n) is 7.90. The first-order chi connectivity index (χ1) is 12.0. The van der Waals surface area contributed by atoms with Crippen molar-refractivity contribution in [2.24, 2.45) is 5.92 Å². The predicted octanol–water partition coefficient (Wildman–Crippen LogP) is 1.39. The highest BCUT2D eigenvalue weighted by Gasteiger charge is 2.37. The number of piperidine rings is 1. The molecule has 2 atom stereocenters. The smallest absolute Gasteiger partial charge is 0.275 e. The van der Waals surface area contributed by atoms with E-state index < -0.39 is 5.60 Å². The molecule has 0 unspecified atom stereocenters. The first-order valence-corrected chi connectivity index (χ1v) is 9.58. The van der Waals surface area contributed by atoms with Crippen LogP contribution in [0.4, 0.5) is 4.39 Å². The van der Waals surface area contributed by atoms with Crippen molar-refractivity contribution >= 4 is 5.91 Å². The number of hydrogen-bond donors (Lipinski definition) is 3. The molecule has 3 rings (SSSR count). The molecular formula is C20H30FN2O2+. The molecule has 1 aliphatic carbocycles. The third kappa shape index (κ3) is 4.59. The molecular weight excluding hydrogens is 319 g/mol. The third-order valence-corrected chi connectivity index (χ3v) is 6.03. The number of benzene rings is 1. The van der Waals surface area contributed by atoms with Gasteiger partial charge in [0.25, 0.3) is 5.91 Å². The van der Waals surface area contributed by atoms with Crippen molar-refractivity contribution in [3.63, 3.8) is 0 Å². The Hall–Kier alpha value is -1.46. The topological polar surface area (TPSA) is 53.8 Å². The molecule has 0 spiro atoms. The van der Waals surface area contributed by atoms with Crippen LogP contribution in [0, 0.1) is 11.7 Å². The highest BCUT2D eigenvalue weighted by molar-refractivity contribution is 5.77. The maximum atomic E-state index is 13.1. The number of carbonyl (C=O) groups excluding carboxylic acids is 1. The summed E-state index contributed by atoms with van der Waals surface area (Å²) >= 11 is 0. The number of hydrogen-bond acceptors (Lipinski definition) is 2. The molecule has 0 aromatic heterocycles. The highest BCUT2D eigenvalue weighted by Crippen LogP contribution is 2.29. The lowest BCUT2D eigenvalue weighted by Crippen LogP contribution is -3.14. The maximum absolute atomic E-state index is 13.1. The molecule has 1 amide bonds. The summed E-state index contributed by atoms with van der Waals surface area (Å²) in [5.41, 5.74) is -0.126. The van der Waals surface area contributed by atoms with E-state index in [1.165, 1.54) is 36.3 Å². The molecule has 5 heteroatoms. The molecule has 0 radical (unpaired) electrons. The number of likely N-dealkylation sites (tertiary alicyclic amines) is 1. The Balaban J connectivity index is 1.48. The number of amides is 1. The van der Waals surface area contributed by atoms with E-state index in [9.17, 15) is 14.3 Å². The highest BCUT2D eigenvalue weighted by atomic mass is 19.1. The van der Waals surface area contributed by atoms with Crippen molar-refractivity contribution in [2.45, 2.75) is 57.1 Å². The standard InChI is InChI=1S/C20H29FN2O2/c1-15-4-2-3-5-18(15)22-19(24)14-23-12-10-20(25,11-13-23)16-6-8-17(21)9-7-16/h6-9,15,18,25H,2-5,10-14H2,1H3,(H,22,24)/p+1/t15-,18+/m1/s1. The van der Waals surface area contributed by atoms with Crippen LogP contribution in [0.1, 0.15) is 51.0 Å². The van der Waals surface area contributed by atoms with Gasteiger partial charge in [0.15, 0.2) is 6.54 Å². The van der Waals surface area contributed by atoms with E-state index in [-0.39, 0.29) is 11.7 Å². The van der Waals surface area contributed by atoms with Gasteiger partial charge in [-0.1, -0.05) is 31.9 Å². The Labute approximate surface area is 149 Å². The molecule has 4 nitrogen and oxygen atoms in total. The summed E-state index contributed by atoms with van der Waals surface area (Å²) in [5.74, 6) is 0.405. The third-order valence-electron chi connectivity index (χ3n) is 6.03. The Morgan fingerprint density at radius 2 is 1.88 bits per heavy atom. The summed E-state index contributed by atoms with van der Waals surface area (Å²) < 4.78 is 13.1. The second-order valence-corrected chi connectivity index (χ2v) is 7.90. The number of carbonyl (C=O) groups is 1. The fourth-order valence-electron chi connectivity index (χ4n) is 4.26. The van der Waals surface area contributed by atoms with Gasteiger partial charge in [-0.15, -0.1) is 0 Å². The molecule has 2 aliphatic rings. The first kappa shape index (κ1) is 18.3. The van der Waals surface area contributed by atoms with Crippen LogP contribution in [0.25, 0.3) is 0 Å². The lowest BCUT2D eigenvalue weighted by molar-refractivity contribution is -0.900. The van der Waals surface area contributed by atoms with Crippen molar-refractivity contribution in [1.82, 2.24) is 5.32 Å². The molecule has 1 aromatic carbocycles. The van der Waals surface area contributed by atoms with Gasteiger partial charge in [0.1, 0.15) is 11.4 Å². The van der Waals surface area contributed by atoms with Gasteiger partial charge in [-0.2, -0.15) is 0 Å². The minimum atomic E-state index is -0.897. The second kappa shape index (κ2) is 7.83. The van der Waals surface area contributed by atoms with E-state index in [0.29, 0.717) is 31.3 Å². The largest absolute Gasteiger partial charge is 0.385 e. The summed E-state index contributed by atoms with van der Waals surface area (Å²) in [6.45, 7) is 4.20. The monoisotopic (exact) mass is 349 g/mol. The van der Waals surface area contributed by atoms with Gasteiger partial charge in [-0.25, -0.2) is 4.39 Å². The Kier molecular flexibility index (Phi) is 5.74. The molecule has 3 N–H and O–H groups in total. The van der Waals surface area contributed by atoms with Gasteiger partial charge in [0.05, 0.1) is 13.1 Å². The summed E-state index contributed by atoms with van der Waals surface area (Å²) in [5, 5.41) is 14.1. The normalized spacial score (nSPS) is 33.0. The maximum Gasteiger partial charge on any atom is 0.275 e. The van der Waals surface area contributed by atoms with E-state index in [2.05, 4.69) is 12.2 Å². The van der Waals surface area contributed by atoms with Crippen LogP contribution in [-0.2, 0) is 10.4 Å². The predicted molar refractivity (Wildman–Crippen MR) is 94.7 cm³/mol. The summed E-state index contributed by atoms with van der Waals surface area (Å²) in [7, 11) is 0. The Morgan fingerprint density at radius 3 is 2.52 bits per heavy atom. The molecule has 138 valence electrons. The number of aliphatic hydroxyl groups is 1. The van der Waals surface area contributed by atoms with E-state index in [0.717, 1.165) is 25.1 Å². The Bertz CT molecular complexity index is 582. The van der Waals surface area contributed by atoms with Crippen LogP contribution in [0.3, 0.4) is 0 Å². The van der Waals surface area contributed by atoms with Crippen LogP contribution in [0.2, 0.25) is 0 Å². The van der Waals surface area contributed by atoms with Crippen molar-refractivity contribution in [1.29, 1.82) is 0 Å². The molecule has 1 saturated carbocycles. The minimum Gasteiger partial charge on any atom is -0.385 e. The van der Waals surface area contributed by atoms with Gasteiger partial charge in [0, 0.05) is 18.9 Å². The van der Waals surface area contributed by atoms with Crippen LogP contribution in [-0.4, -0.2) is 36.7 Å². The summed E-state index contributed by atoms with van der Waals surface area (Å²) in [4.78, 5) is 13.6. The number of quaternary nitrogens is 1. The number of halogens is 1. The quantitative estimate of drug-likeness (QED) is 0.769. The van der Waals surface area contributed by atoms with Gasteiger partial charge >= 0.3 is 0 Å². The molecule has 0 bridgehead atoms. The van der Waals surface area contributed by atoms with Crippen LogP contribution < -0.4 is 10.2 Å². The molecule has 1 heterocycles. The minimum absolute atomic E-state index is 0.126. The van der Waals surface area contributed by atoms with Crippen molar-refractivity contribution in [3.8, 4) is 0 Å². The zero-order valence-corrected chi connectivity index (χ0v) is 15.1. The van der Waals surface area contributed by atoms with Gasteiger partial charge in [-0.3, -0.25) is 4.79 Å². The van der Waals surface area contributed by atoms with Gasteiger partial charge in [-0.05, 0) is 36.5 Å². The fourth-order valence-corrected chi connectivity index (χ4v) is 4.26. The SMILES string of the molecule is C[C@@H]1CCCC[C@@H]1NC(=O)C[NH+]1CCC(O)(c2ccc(F)cc2)CC1. The molecule has 2 fully saturated rings. The number of rotatable bonds is 4. The zero-order chi connectivity index (χ0) is 17.9. The lowest BCUT2D eigenvalue weighted by atomic mass is 9.84. The van der Waals surface area contributed by atoms with Crippen molar-refractivity contribution in [3.05, 3.63) is 35.6 Å². The average Bonchev–Trinajstić information content (AvgIpc) is 2.60. The van der Waals surface area contributed by atoms with Gasteiger partial charge in [0.2, 0.25) is 0 Å². The zero-order valence-electron chi connectivity index (χ0n) is 15.1. The molecule has 1 saturated heterocycles.